The van der Waals surface area contributed by atoms with Crippen molar-refractivity contribution >= 4 is 79.2 Å². The second kappa shape index (κ2) is 17.0. The van der Waals surface area contributed by atoms with Crippen molar-refractivity contribution in [2.75, 3.05) is 9.80 Å². The van der Waals surface area contributed by atoms with Crippen molar-refractivity contribution in [3.8, 4) is 55.6 Å². The topological polar surface area (TPSA) is 6.48 Å². The van der Waals surface area contributed by atoms with Crippen LogP contribution in [-0.4, -0.2) is 0 Å². The molecule has 78 heavy (non-hydrogen) atoms. The van der Waals surface area contributed by atoms with Gasteiger partial charge in [-0.05, 0) is 190 Å². The first-order valence-electron chi connectivity index (χ1n) is 27.1. The highest BCUT2D eigenvalue weighted by molar-refractivity contribution is 8.00. The van der Waals surface area contributed by atoms with Gasteiger partial charge in [0.1, 0.15) is 0 Å². The molecule has 0 spiro atoms. The van der Waals surface area contributed by atoms with Crippen molar-refractivity contribution in [1.29, 1.82) is 0 Å². The van der Waals surface area contributed by atoms with Gasteiger partial charge in [0.05, 0.1) is 22.7 Å². The molecule has 0 unspecified atom stereocenters. The lowest BCUT2D eigenvalue weighted by atomic mass is 9.80. The molecule has 12 aromatic carbocycles. The Bertz CT molecular complexity index is 4450. The van der Waals surface area contributed by atoms with Gasteiger partial charge in [0.2, 0.25) is 0 Å². The van der Waals surface area contributed by atoms with Crippen LogP contribution in [-0.2, 0) is 10.8 Å². The number of nitrogens with zero attached hydrogens (tertiary/aromatic N) is 2. The summed E-state index contributed by atoms with van der Waals surface area (Å²) in [6.07, 6.45) is 0. The van der Waals surface area contributed by atoms with E-state index in [2.05, 4.69) is 280 Å². The number of anilines is 6. The molecule has 0 N–H and O–H groups in total. The van der Waals surface area contributed by atoms with E-state index in [4.69, 9.17) is 0 Å². The summed E-state index contributed by atoms with van der Waals surface area (Å²) < 4.78 is 0. The van der Waals surface area contributed by atoms with Crippen LogP contribution >= 0.6 is 23.5 Å². The summed E-state index contributed by atoms with van der Waals surface area (Å²) in [5, 5.41) is 4.87. The van der Waals surface area contributed by atoms with Crippen molar-refractivity contribution in [3.05, 3.63) is 265 Å². The van der Waals surface area contributed by atoms with Crippen LogP contribution in [0, 0.1) is 0 Å². The zero-order valence-corrected chi connectivity index (χ0v) is 45.4. The van der Waals surface area contributed by atoms with Gasteiger partial charge in [-0.3, -0.25) is 0 Å². The van der Waals surface area contributed by atoms with Crippen molar-refractivity contribution in [2.45, 2.75) is 58.1 Å². The molecular weight excluding hydrogens is 981 g/mol. The number of para-hydroxylation sites is 4. The largest absolute Gasteiger partial charge is 0.308 e. The Morgan fingerprint density at radius 3 is 1.10 bits per heavy atom. The monoisotopic (exact) mass is 1030 g/mol. The Balaban J connectivity index is 0.990. The lowest BCUT2D eigenvalue weighted by molar-refractivity contribution is 0.660. The molecular formula is C74H52N2S2. The van der Waals surface area contributed by atoms with E-state index in [0.717, 1.165) is 11.4 Å². The van der Waals surface area contributed by atoms with Crippen molar-refractivity contribution in [2.24, 2.45) is 0 Å². The molecule has 0 aromatic heterocycles. The number of hydrogen-bond donors (Lipinski definition) is 0. The quantitative estimate of drug-likeness (QED) is 0.158. The summed E-state index contributed by atoms with van der Waals surface area (Å²) in [4.78, 5) is 9.96. The Morgan fingerprint density at radius 2 is 0.628 bits per heavy atom. The molecule has 2 nitrogen and oxygen atoms in total. The first-order chi connectivity index (χ1) is 38.2. The minimum atomic E-state index is -0.173. The zero-order chi connectivity index (χ0) is 52.0. The van der Waals surface area contributed by atoms with Crippen LogP contribution in [0.25, 0.3) is 77.2 Å². The third-order valence-electron chi connectivity index (χ3n) is 17.4. The van der Waals surface area contributed by atoms with Crippen LogP contribution in [0.1, 0.15) is 49.9 Å². The molecule has 16 rings (SSSR count). The summed E-state index contributed by atoms with van der Waals surface area (Å²) >= 11 is 3.70. The van der Waals surface area contributed by atoms with E-state index >= 15 is 0 Å². The second-order valence-electron chi connectivity index (χ2n) is 22.4. The molecule has 4 aliphatic rings. The second-order valence-corrected chi connectivity index (χ2v) is 24.6. The molecule has 4 heteroatoms. The van der Waals surface area contributed by atoms with Gasteiger partial charge >= 0.3 is 0 Å². The molecule has 2 heterocycles. The van der Waals surface area contributed by atoms with Crippen LogP contribution in [0.4, 0.5) is 34.1 Å². The summed E-state index contributed by atoms with van der Waals surface area (Å²) in [5.74, 6) is 0. The first kappa shape index (κ1) is 45.6. The molecule has 2 aliphatic heterocycles. The summed E-state index contributed by atoms with van der Waals surface area (Å²) in [7, 11) is 0. The number of hydrogen-bond acceptors (Lipinski definition) is 4. The number of rotatable bonds is 5. The Morgan fingerprint density at radius 1 is 0.269 bits per heavy atom. The number of fused-ring (bicyclic) bond motifs is 12. The predicted molar refractivity (Wildman–Crippen MR) is 331 cm³/mol. The standard InChI is InChI=1S/C74H52N2S2/c1-73(2)59-22-7-5-20-51(59)53-36-32-46(41-61(53)73)45-18-17-19-47(40-45)71-55-38-34-50(76-65-26-11-15-30-69(65)78-70-31-16-12-27-66(70)76)44-58(55)72(48-33-37-54-52-21-6-8-23-60(52)74(3,4)62(54)42-48)56-39-35-49(43-57(56)71)75-63-24-9-13-28-67(63)77-68-29-14-10-25-64(68)75/h5-44H,1-4H3. The third kappa shape index (κ3) is 6.66. The van der Waals surface area contributed by atoms with Gasteiger partial charge in [-0.1, -0.05) is 203 Å². The molecule has 0 atom stereocenters. The van der Waals surface area contributed by atoms with E-state index in [1.54, 1.807) is 0 Å². The molecule has 370 valence electrons. The van der Waals surface area contributed by atoms with Crippen LogP contribution in [0.2, 0.25) is 0 Å². The minimum Gasteiger partial charge on any atom is -0.308 e. The molecule has 0 amide bonds. The van der Waals surface area contributed by atoms with E-state index in [1.165, 1.54) is 142 Å². The highest BCUT2D eigenvalue weighted by atomic mass is 32.2. The van der Waals surface area contributed by atoms with Gasteiger partial charge in [0, 0.05) is 41.8 Å². The van der Waals surface area contributed by atoms with Crippen LogP contribution in [0.3, 0.4) is 0 Å². The van der Waals surface area contributed by atoms with Crippen molar-refractivity contribution in [1.82, 2.24) is 0 Å². The van der Waals surface area contributed by atoms with Crippen LogP contribution in [0.5, 0.6) is 0 Å². The summed E-state index contributed by atoms with van der Waals surface area (Å²) in [5.41, 5.74) is 24.9. The van der Waals surface area contributed by atoms with Gasteiger partial charge in [0.15, 0.2) is 0 Å². The maximum atomic E-state index is 2.52. The van der Waals surface area contributed by atoms with E-state index in [1.807, 2.05) is 23.5 Å². The minimum absolute atomic E-state index is 0.107. The summed E-state index contributed by atoms with van der Waals surface area (Å²) in [6.45, 7) is 9.55. The average Bonchev–Trinajstić information content (AvgIpc) is 4.05. The Kier molecular flexibility index (Phi) is 9.93. The lowest BCUT2D eigenvalue weighted by Crippen LogP contribution is -2.15. The highest BCUT2D eigenvalue weighted by Gasteiger charge is 2.37. The average molecular weight is 1030 g/mol. The molecule has 12 aromatic rings. The molecule has 0 fully saturated rings. The molecule has 0 radical (unpaired) electrons. The SMILES string of the molecule is CC1(C)c2ccccc2-c2ccc(-c3cccc(-c4c5ccc(N6c7ccccc7Sc7ccccc76)cc5c(-c5ccc6c(c5)C(C)(C)c5ccccc5-6)c5ccc(N6c7ccccc7Sc7ccccc76)cc45)c3)cc21. The van der Waals surface area contributed by atoms with E-state index in [0.29, 0.717) is 0 Å². The van der Waals surface area contributed by atoms with Crippen molar-refractivity contribution < 1.29 is 0 Å². The van der Waals surface area contributed by atoms with Crippen molar-refractivity contribution in [3.63, 3.8) is 0 Å². The first-order valence-corrected chi connectivity index (χ1v) is 28.8. The normalized spacial score (nSPS) is 14.7. The fourth-order valence-corrected chi connectivity index (χ4v) is 15.8. The summed E-state index contributed by atoms with van der Waals surface area (Å²) in [6, 6.07) is 91.8. The lowest BCUT2D eigenvalue weighted by Gasteiger charge is -2.34. The Labute approximate surface area is 464 Å². The van der Waals surface area contributed by atoms with Crippen LogP contribution in [0.15, 0.2) is 262 Å². The molecule has 0 bridgehead atoms. The zero-order valence-electron chi connectivity index (χ0n) is 43.8. The third-order valence-corrected chi connectivity index (χ3v) is 19.7. The maximum absolute atomic E-state index is 2.52. The van der Waals surface area contributed by atoms with Gasteiger partial charge in [-0.15, -0.1) is 0 Å². The van der Waals surface area contributed by atoms with Gasteiger partial charge < -0.3 is 9.80 Å². The Hall–Kier alpha value is -8.54. The molecule has 0 saturated carbocycles. The fourth-order valence-electron chi connectivity index (χ4n) is 13.7. The van der Waals surface area contributed by atoms with Gasteiger partial charge in [0.25, 0.3) is 0 Å². The highest BCUT2D eigenvalue weighted by Crippen LogP contribution is 2.57. The number of benzene rings is 12. The van der Waals surface area contributed by atoms with E-state index in [9.17, 15) is 0 Å². The van der Waals surface area contributed by atoms with Crippen LogP contribution < -0.4 is 9.80 Å². The molecule has 0 saturated heterocycles. The smallest absolute Gasteiger partial charge is 0.0601 e. The van der Waals surface area contributed by atoms with Gasteiger partial charge in [-0.2, -0.15) is 0 Å². The maximum Gasteiger partial charge on any atom is 0.0601 e. The molecule has 2 aliphatic carbocycles. The predicted octanol–water partition coefficient (Wildman–Crippen LogP) is 21.5. The van der Waals surface area contributed by atoms with E-state index in [-0.39, 0.29) is 10.8 Å². The van der Waals surface area contributed by atoms with E-state index < -0.39 is 0 Å². The fraction of sp³-hybridized carbons (Fsp3) is 0.0811. The van der Waals surface area contributed by atoms with Gasteiger partial charge in [-0.25, -0.2) is 0 Å².